The molecule has 10 heteroatoms. The highest BCUT2D eigenvalue weighted by molar-refractivity contribution is 5.99. The van der Waals surface area contributed by atoms with Gasteiger partial charge in [-0.15, -0.1) is 0 Å². The number of nitrogens with one attached hydrogen (secondary N) is 1. The van der Waals surface area contributed by atoms with Crippen LogP contribution < -0.4 is 10.7 Å². The molecule has 1 aromatic heterocycles. The number of benzene rings is 1. The lowest BCUT2D eigenvalue weighted by atomic mass is 9.95. The smallest absolute Gasteiger partial charge is 0.276 e. The van der Waals surface area contributed by atoms with Crippen LogP contribution in [0, 0.1) is 11.6 Å². The van der Waals surface area contributed by atoms with Crippen LogP contribution in [0.25, 0.3) is 0 Å². The van der Waals surface area contributed by atoms with Gasteiger partial charge in [-0.25, -0.2) is 8.78 Å². The predicted molar refractivity (Wildman–Crippen MR) is 125 cm³/mol. The SMILES string of the molecule is CCCC12Cn3cc(C(=O)NCc4ccc(F)cc4F)c(=O)c(O)c3C(=O)N1C[C@H](C)N2C(C)C. The second-order valence-corrected chi connectivity index (χ2v) is 9.61. The molecule has 2 aliphatic rings. The number of fused-ring (bicyclic) bond motifs is 2. The van der Waals surface area contributed by atoms with Crippen molar-refractivity contribution in [3.63, 3.8) is 0 Å². The molecule has 35 heavy (non-hydrogen) atoms. The summed E-state index contributed by atoms with van der Waals surface area (Å²) in [5.41, 5.74) is -2.08. The van der Waals surface area contributed by atoms with Crippen LogP contribution in [0.2, 0.25) is 0 Å². The van der Waals surface area contributed by atoms with Crippen LogP contribution in [0.1, 0.15) is 66.9 Å². The molecule has 188 valence electrons. The Bertz CT molecular complexity index is 1240. The van der Waals surface area contributed by atoms with Gasteiger partial charge in [0, 0.05) is 43.0 Å². The van der Waals surface area contributed by atoms with Crippen LogP contribution in [0.3, 0.4) is 0 Å². The fourth-order valence-electron chi connectivity index (χ4n) is 5.74. The Morgan fingerprint density at radius 2 is 2.00 bits per heavy atom. The standard InChI is InChI=1S/C25H30F2N4O4/c1-5-8-25-13-29-12-18(23(34)28-10-16-6-7-17(26)9-19(16)27)21(32)22(33)20(29)24(35)30(25)11-15(4)31(25)14(2)3/h6-7,9,12,14-15,33H,5,8,10-11,13H2,1-4H3,(H,28,34)/t15-,25?/m0/s1. The van der Waals surface area contributed by atoms with E-state index in [0.717, 1.165) is 12.5 Å². The molecule has 1 unspecified atom stereocenters. The third-order valence-corrected chi connectivity index (χ3v) is 6.94. The Balaban J connectivity index is 1.72. The van der Waals surface area contributed by atoms with Crippen LogP contribution in [-0.4, -0.2) is 55.6 Å². The number of halogens is 2. The van der Waals surface area contributed by atoms with Gasteiger partial charge in [-0.3, -0.25) is 19.3 Å². The minimum atomic E-state index is -0.974. The van der Waals surface area contributed by atoms with Gasteiger partial charge >= 0.3 is 0 Å². The maximum absolute atomic E-state index is 13.9. The van der Waals surface area contributed by atoms with E-state index in [-0.39, 0.29) is 42.0 Å². The van der Waals surface area contributed by atoms with Crippen molar-refractivity contribution >= 4 is 11.8 Å². The van der Waals surface area contributed by atoms with Gasteiger partial charge in [-0.2, -0.15) is 0 Å². The third-order valence-electron chi connectivity index (χ3n) is 6.94. The zero-order chi connectivity index (χ0) is 25.7. The van der Waals surface area contributed by atoms with Crippen LogP contribution in [0.15, 0.2) is 29.2 Å². The van der Waals surface area contributed by atoms with Crippen molar-refractivity contribution in [1.29, 1.82) is 0 Å². The Hall–Kier alpha value is -3.27. The molecular formula is C25H30F2N4O4. The maximum atomic E-state index is 13.9. The molecule has 0 bridgehead atoms. The van der Waals surface area contributed by atoms with E-state index in [9.17, 15) is 28.3 Å². The molecule has 8 nitrogen and oxygen atoms in total. The van der Waals surface area contributed by atoms with Crippen LogP contribution in [-0.2, 0) is 13.1 Å². The zero-order valence-electron chi connectivity index (χ0n) is 20.3. The fraction of sp³-hybridized carbons (Fsp3) is 0.480. The number of nitrogens with zero attached hydrogens (tertiary/aromatic N) is 3. The lowest BCUT2D eigenvalue weighted by Gasteiger charge is -2.49. The first kappa shape index (κ1) is 24.8. The van der Waals surface area contributed by atoms with Crippen molar-refractivity contribution in [2.45, 2.75) is 71.4 Å². The first-order chi connectivity index (χ1) is 16.5. The van der Waals surface area contributed by atoms with Gasteiger partial charge in [0.1, 0.15) is 22.9 Å². The van der Waals surface area contributed by atoms with E-state index < -0.39 is 40.3 Å². The number of aromatic nitrogens is 1. The summed E-state index contributed by atoms with van der Waals surface area (Å²) in [4.78, 5) is 43.3. The van der Waals surface area contributed by atoms with Gasteiger partial charge in [-0.1, -0.05) is 19.4 Å². The molecule has 0 saturated carbocycles. The van der Waals surface area contributed by atoms with E-state index in [1.54, 1.807) is 4.90 Å². The van der Waals surface area contributed by atoms with Crippen molar-refractivity contribution in [3.05, 3.63) is 63.1 Å². The first-order valence-corrected chi connectivity index (χ1v) is 11.8. The summed E-state index contributed by atoms with van der Waals surface area (Å²) in [7, 11) is 0. The summed E-state index contributed by atoms with van der Waals surface area (Å²) >= 11 is 0. The van der Waals surface area contributed by atoms with Gasteiger partial charge in [0.15, 0.2) is 11.4 Å². The number of carbonyl (C=O) groups is 2. The molecule has 4 rings (SSSR count). The molecule has 0 aliphatic carbocycles. The molecule has 2 aromatic rings. The fourth-order valence-corrected chi connectivity index (χ4v) is 5.74. The molecule has 2 amide bonds. The molecule has 3 heterocycles. The highest BCUT2D eigenvalue weighted by atomic mass is 19.1. The predicted octanol–water partition coefficient (Wildman–Crippen LogP) is 2.83. The Labute approximate surface area is 202 Å². The molecule has 2 N–H and O–H groups in total. The van der Waals surface area contributed by atoms with Crippen molar-refractivity contribution in [2.75, 3.05) is 6.54 Å². The molecule has 2 aliphatic heterocycles. The lowest BCUT2D eigenvalue weighted by molar-refractivity contribution is -0.0364. The van der Waals surface area contributed by atoms with Crippen LogP contribution in [0.4, 0.5) is 8.78 Å². The zero-order valence-corrected chi connectivity index (χ0v) is 20.3. The molecule has 1 saturated heterocycles. The van der Waals surface area contributed by atoms with Crippen LogP contribution in [0.5, 0.6) is 5.75 Å². The third kappa shape index (κ3) is 3.99. The molecule has 1 aromatic carbocycles. The molecular weight excluding hydrogens is 458 g/mol. The quantitative estimate of drug-likeness (QED) is 0.652. The highest BCUT2D eigenvalue weighted by Gasteiger charge is 2.56. The van der Waals surface area contributed by atoms with Crippen molar-refractivity contribution in [2.24, 2.45) is 0 Å². The number of hydrogen-bond acceptors (Lipinski definition) is 5. The second-order valence-electron chi connectivity index (χ2n) is 9.61. The van der Waals surface area contributed by atoms with Gasteiger partial charge < -0.3 is 19.9 Å². The van der Waals surface area contributed by atoms with E-state index in [4.69, 9.17) is 0 Å². The molecule has 2 atom stereocenters. The monoisotopic (exact) mass is 488 g/mol. The largest absolute Gasteiger partial charge is 0.503 e. The number of aromatic hydroxyl groups is 1. The van der Waals surface area contributed by atoms with Crippen LogP contribution >= 0.6 is 0 Å². The summed E-state index contributed by atoms with van der Waals surface area (Å²) in [6.07, 6.45) is 2.78. The molecule has 0 spiro atoms. The average molecular weight is 489 g/mol. The molecule has 1 fully saturated rings. The summed E-state index contributed by atoms with van der Waals surface area (Å²) in [5, 5.41) is 13.1. The number of hydrogen-bond donors (Lipinski definition) is 2. The number of rotatable bonds is 6. The Morgan fingerprint density at radius 1 is 1.29 bits per heavy atom. The first-order valence-electron chi connectivity index (χ1n) is 11.8. The normalized spacial score (nSPS) is 21.9. The summed E-state index contributed by atoms with van der Waals surface area (Å²) in [5.74, 6) is -3.63. The minimum Gasteiger partial charge on any atom is -0.503 e. The summed E-state index contributed by atoms with van der Waals surface area (Å²) < 4.78 is 28.6. The van der Waals surface area contributed by atoms with Gasteiger partial charge in [0.25, 0.3) is 11.8 Å². The Morgan fingerprint density at radius 3 is 2.63 bits per heavy atom. The van der Waals surface area contributed by atoms with E-state index in [2.05, 4.69) is 24.1 Å². The van der Waals surface area contributed by atoms with Crippen molar-refractivity contribution < 1.29 is 23.5 Å². The van der Waals surface area contributed by atoms with Gasteiger partial charge in [0.05, 0.1) is 6.54 Å². The second kappa shape index (κ2) is 9.07. The number of pyridine rings is 1. The maximum Gasteiger partial charge on any atom is 0.276 e. The van der Waals surface area contributed by atoms with Gasteiger partial charge in [-0.05, 0) is 33.3 Å². The average Bonchev–Trinajstić information content (AvgIpc) is 3.07. The topological polar surface area (TPSA) is 94.9 Å². The Kier molecular flexibility index (Phi) is 6.44. The summed E-state index contributed by atoms with van der Waals surface area (Å²) in [6.45, 7) is 8.68. The van der Waals surface area contributed by atoms with Gasteiger partial charge in [0.2, 0.25) is 5.43 Å². The van der Waals surface area contributed by atoms with E-state index in [0.29, 0.717) is 19.0 Å². The lowest BCUT2D eigenvalue weighted by Crippen LogP contribution is -2.63. The number of carbonyl (C=O) groups excluding carboxylic acids is 2. The highest BCUT2D eigenvalue weighted by Crippen LogP contribution is 2.42. The van der Waals surface area contributed by atoms with E-state index >= 15 is 0 Å². The van der Waals surface area contributed by atoms with Crippen molar-refractivity contribution in [3.8, 4) is 5.75 Å². The molecule has 0 radical (unpaired) electrons. The van der Waals surface area contributed by atoms with E-state index in [1.807, 2.05) is 13.8 Å². The minimum absolute atomic E-state index is 0.0438. The van der Waals surface area contributed by atoms with Crippen molar-refractivity contribution in [1.82, 2.24) is 19.7 Å². The number of amides is 2. The summed E-state index contributed by atoms with van der Waals surface area (Å²) in [6, 6.07) is 3.18. The van der Waals surface area contributed by atoms with E-state index in [1.165, 1.54) is 16.8 Å².